The van der Waals surface area contributed by atoms with Gasteiger partial charge in [-0.25, -0.2) is 0 Å². The topological polar surface area (TPSA) is 23.9 Å². The fraction of sp³-hybridized carbons (Fsp3) is 0. The van der Waals surface area contributed by atoms with Crippen molar-refractivity contribution in [1.82, 2.24) is 0 Å². The van der Waals surface area contributed by atoms with Crippen molar-refractivity contribution in [2.75, 3.05) is 0 Å². The van der Waals surface area contributed by atoms with Gasteiger partial charge in [-0.3, -0.25) is 0 Å². The van der Waals surface area contributed by atoms with Gasteiger partial charge in [-0.1, -0.05) is 0 Å². The van der Waals surface area contributed by atoms with Crippen LogP contribution in [0.2, 0.25) is 0 Å². The summed E-state index contributed by atoms with van der Waals surface area (Å²) in [6, 6.07) is 0. The minimum absolute atomic E-state index is 0.0420. The van der Waals surface area contributed by atoms with Crippen molar-refractivity contribution in [2.45, 2.75) is 0 Å². The van der Waals surface area contributed by atoms with E-state index < -0.39 is 0 Å². The second-order valence-corrected chi connectivity index (χ2v) is 10.5. The molecule has 2 radical (unpaired) electrons. The van der Waals surface area contributed by atoms with Gasteiger partial charge >= 0.3 is 46.1 Å². The summed E-state index contributed by atoms with van der Waals surface area (Å²) >= 11 is -0.0420. The Bertz CT molecular complexity index is 56.7. The maximum absolute atomic E-state index is 6.80. The first-order valence-corrected chi connectivity index (χ1v) is 9.69. The van der Waals surface area contributed by atoms with Crippen LogP contribution in [0.5, 0.6) is 0 Å². The van der Waals surface area contributed by atoms with Gasteiger partial charge in [0.25, 0.3) is 0 Å². The molecule has 1 nitrogen and oxygen atoms in total. The van der Waals surface area contributed by atoms with Crippen molar-refractivity contribution in [3.05, 3.63) is 0 Å². The summed E-state index contributed by atoms with van der Waals surface area (Å²) in [4.78, 5) is 0. The zero-order valence-corrected chi connectivity index (χ0v) is 6.80. The van der Waals surface area contributed by atoms with Crippen molar-refractivity contribution in [3.8, 4) is 0 Å². The van der Waals surface area contributed by atoms with Gasteiger partial charge in [0.2, 0.25) is 0 Å². The molecule has 1 saturated heterocycles. The van der Waals surface area contributed by atoms with E-state index in [1.54, 1.807) is 17.9 Å². The second-order valence-electron chi connectivity index (χ2n) is 0.575. The second kappa shape index (κ2) is 1.75. The molecule has 4 heteroatoms. The first kappa shape index (κ1) is 4.33. The van der Waals surface area contributed by atoms with Crippen LogP contribution in [0.15, 0.2) is 0 Å². The Morgan fingerprint density at radius 1 is 1.60 bits per heavy atom. The third kappa shape index (κ3) is 1.01. The van der Waals surface area contributed by atoms with Crippen molar-refractivity contribution in [1.29, 1.82) is 5.41 Å². The molecule has 0 spiro atoms. The van der Waals surface area contributed by atoms with E-state index in [0.29, 0.717) is 0 Å². The Balaban J connectivity index is 2.32. The predicted molar refractivity (Wildman–Crippen MR) is 28.7 cm³/mol. The zero-order valence-electron chi connectivity index (χ0n) is 2.32. The molecule has 1 N–H and O–H groups in total. The third-order valence-electron chi connectivity index (χ3n) is 0.269. The van der Waals surface area contributed by atoms with Crippen LogP contribution in [0.3, 0.4) is 0 Å². The summed E-state index contributed by atoms with van der Waals surface area (Å²) in [5.74, 6) is 0. The molecule has 26 valence electrons. The summed E-state index contributed by atoms with van der Waals surface area (Å²) < 4.78 is 0.844. The average molecular weight is 210 g/mol. The van der Waals surface area contributed by atoms with E-state index in [-0.39, 0.29) is 18.4 Å². The van der Waals surface area contributed by atoms with Gasteiger partial charge < -0.3 is 0 Å². The van der Waals surface area contributed by atoms with Crippen LogP contribution in [-0.2, 0) is 0 Å². The van der Waals surface area contributed by atoms with E-state index >= 15 is 0 Å². The Morgan fingerprint density at radius 2 is 2.00 bits per heavy atom. The van der Waals surface area contributed by atoms with Crippen molar-refractivity contribution in [3.63, 3.8) is 0 Å². The molecule has 0 atom stereocenters. The normalized spacial score (nSPS) is 22.0. The molecule has 0 aromatic rings. The van der Waals surface area contributed by atoms with Crippen LogP contribution < -0.4 is 0 Å². The maximum atomic E-state index is 6.80. The molecule has 0 aliphatic carbocycles. The van der Waals surface area contributed by atoms with E-state index in [2.05, 4.69) is 0 Å². The van der Waals surface area contributed by atoms with Crippen molar-refractivity contribution in [2.24, 2.45) is 0 Å². The molecule has 0 bridgehead atoms. The van der Waals surface area contributed by atoms with Crippen LogP contribution in [0.1, 0.15) is 0 Å². The molecule has 5 heavy (non-hydrogen) atoms. The molecule has 1 fully saturated rings. The standard InChI is InChI=1S/CH3NS2.Sn/c2-1(3)4;/h(H3,2,3,4);/q;+2/p-2. The molecular formula is CHNS2Sn. The van der Waals surface area contributed by atoms with Gasteiger partial charge in [-0.2, -0.15) is 0 Å². The summed E-state index contributed by atoms with van der Waals surface area (Å²) in [6.07, 6.45) is 0. The Kier molecular flexibility index (Phi) is 1.51. The van der Waals surface area contributed by atoms with E-state index in [1.807, 2.05) is 0 Å². The molecule has 0 saturated carbocycles. The molecule has 1 heterocycles. The molecule has 0 aromatic carbocycles. The predicted octanol–water partition coefficient (Wildman–Crippen LogP) is 0.935. The van der Waals surface area contributed by atoms with Gasteiger partial charge in [0, 0.05) is 0 Å². The molecule has 0 unspecified atom stereocenters. The van der Waals surface area contributed by atoms with Gasteiger partial charge in [0.1, 0.15) is 0 Å². The zero-order chi connectivity index (χ0) is 3.70. The quantitative estimate of drug-likeness (QED) is 0.601. The van der Waals surface area contributed by atoms with Gasteiger partial charge in [-0.15, -0.1) is 0 Å². The van der Waals surface area contributed by atoms with Crippen molar-refractivity contribution >= 4 is 40.6 Å². The number of nitrogens with one attached hydrogen (secondary N) is 1. The summed E-state index contributed by atoms with van der Waals surface area (Å²) in [5.41, 5.74) is 0. The van der Waals surface area contributed by atoms with Gasteiger partial charge in [-0.05, 0) is 0 Å². The van der Waals surface area contributed by atoms with Crippen LogP contribution in [0.25, 0.3) is 0 Å². The summed E-state index contributed by atoms with van der Waals surface area (Å²) in [5, 5.41) is 6.80. The molecule has 1 rings (SSSR count). The van der Waals surface area contributed by atoms with E-state index in [1.165, 1.54) is 0 Å². The van der Waals surface area contributed by atoms with Crippen LogP contribution in [-0.4, -0.2) is 22.8 Å². The molecule has 1 aliphatic rings. The fourth-order valence-electron chi connectivity index (χ4n) is 0.0833. The van der Waals surface area contributed by atoms with E-state index in [0.717, 1.165) is 4.38 Å². The Morgan fingerprint density at radius 3 is 2.00 bits per heavy atom. The summed E-state index contributed by atoms with van der Waals surface area (Å²) in [7, 11) is 3.55. The first-order chi connectivity index (χ1) is 2.39. The molecular weight excluding hydrogens is 209 g/mol. The van der Waals surface area contributed by atoms with Crippen LogP contribution >= 0.6 is 17.9 Å². The molecule has 0 amide bonds. The molecule has 0 aromatic heterocycles. The number of hydrogen-bond acceptors (Lipinski definition) is 3. The molecule has 1 aliphatic heterocycles. The number of rotatable bonds is 0. The Labute approximate surface area is 45.9 Å². The Hall–Kier alpha value is 1.17. The fourth-order valence-corrected chi connectivity index (χ4v) is 5.03. The van der Waals surface area contributed by atoms with Crippen LogP contribution in [0, 0.1) is 5.41 Å². The van der Waals surface area contributed by atoms with Gasteiger partial charge in [0.15, 0.2) is 0 Å². The number of hydrogen-bond donors (Lipinski definition) is 1. The monoisotopic (exact) mass is 211 g/mol. The SMILES string of the molecule is N=C1[S][Sn][S]1. The van der Waals surface area contributed by atoms with E-state index in [9.17, 15) is 0 Å². The van der Waals surface area contributed by atoms with Crippen LogP contribution in [0.4, 0.5) is 0 Å². The summed E-state index contributed by atoms with van der Waals surface area (Å²) in [6.45, 7) is 0. The minimum atomic E-state index is -0.0420. The van der Waals surface area contributed by atoms with E-state index in [4.69, 9.17) is 5.41 Å². The van der Waals surface area contributed by atoms with Gasteiger partial charge in [0.05, 0.1) is 0 Å². The first-order valence-electron chi connectivity index (χ1n) is 1.07. The third-order valence-corrected chi connectivity index (χ3v) is 12.1. The average Bonchev–Trinajstić information content (AvgIpc) is 1.30. The van der Waals surface area contributed by atoms with Crippen molar-refractivity contribution < 1.29 is 0 Å².